The lowest BCUT2D eigenvalue weighted by Gasteiger charge is -2.16. The molecule has 2 unspecified atom stereocenters. The summed E-state index contributed by atoms with van der Waals surface area (Å²) in [5.41, 5.74) is 0.765. The molecule has 4 heteroatoms. The molecule has 0 aliphatic heterocycles. The molecule has 0 bridgehead atoms. The summed E-state index contributed by atoms with van der Waals surface area (Å²) in [5.74, 6) is 0.627. The lowest BCUT2D eigenvalue weighted by Crippen LogP contribution is -2.36. The Morgan fingerprint density at radius 3 is 2.47 bits per heavy atom. The topological polar surface area (TPSA) is 61.7 Å². The van der Waals surface area contributed by atoms with Crippen molar-refractivity contribution in [1.82, 2.24) is 5.32 Å². The Kier molecular flexibility index (Phi) is 4.02. The van der Waals surface area contributed by atoms with Crippen molar-refractivity contribution in [1.29, 1.82) is 0 Å². The van der Waals surface area contributed by atoms with E-state index in [0.717, 1.165) is 37.8 Å². The number of carbonyl (C=O) groups excluding carboxylic acids is 1. The van der Waals surface area contributed by atoms with Gasteiger partial charge < -0.3 is 10.5 Å². The molecule has 96 valence electrons. The molecule has 0 aromatic rings. The first-order chi connectivity index (χ1) is 8.20. The van der Waals surface area contributed by atoms with Gasteiger partial charge in [0.15, 0.2) is 0 Å². The fourth-order valence-corrected chi connectivity index (χ4v) is 3.07. The molecule has 0 aromatic heterocycles. The van der Waals surface area contributed by atoms with Crippen molar-refractivity contribution in [2.75, 3.05) is 0 Å². The van der Waals surface area contributed by atoms with E-state index in [9.17, 15) is 4.79 Å². The highest BCUT2D eigenvalue weighted by Crippen LogP contribution is 2.32. The largest absolute Gasteiger partial charge is 0.411 e. The van der Waals surface area contributed by atoms with Crippen molar-refractivity contribution in [3.63, 3.8) is 0 Å². The highest BCUT2D eigenvalue weighted by molar-refractivity contribution is 5.86. The molecule has 0 radical (unpaired) electrons. The van der Waals surface area contributed by atoms with Crippen LogP contribution in [-0.2, 0) is 4.79 Å². The number of nitrogens with zero attached hydrogens (tertiary/aromatic N) is 1. The minimum atomic E-state index is 0.123. The Labute approximate surface area is 102 Å². The van der Waals surface area contributed by atoms with Gasteiger partial charge in [-0.2, -0.15) is 0 Å². The predicted octanol–water partition coefficient (Wildman–Crippen LogP) is 2.31. The fraction of sp³-hybridized carbons (Fsp3) is 0.846. The average Bonchev–Trinajstić information content (AvgIpc) is 2.98. The van der Waals surface area contributed by atoms with Crippen LogP contribution in [0.15, 0.2) is 5.16 Å². The summed E-state index contributed by atoms with van der Waals surface area (Å²) in [6.07, 6.45) is 7.50. The highest BCUT2D eigenvalue weighted by Gasteiger charge is 2.32. The molecular weight excluding hydrogens is 216 g/mol. The highest BCUT2D eigenvalue weighted by atomic mass is 16.4. The molecule has 0 saturated heterocycles. The van der Waals surface area contributed by atoms with E-state index in [2.05, 4.69) is 10.5 Å². The summed E-state index contributed by atoms with van der Waals surface area (Å²) in [6, 6.07) is 0.411. The van der Waals surface area contributed by atoms with Crippen LogP contribution >= 0.6 is 0 Å². The minimum Gasteiger partial charge on any atom is -0.411 e. The van der Waals surface area contributed by atoms with Gasteiger partial charge in [0.05, 0.1) is 5.71 Å². The molecule has 2 aliphatic carbocycles. The molecule has 1 amide bonds. The minimum absolute atomic E-state index is 0.123. The number of rotatable bonds is 3. The fourth-order valence-electron chi connectivity index (χ4n) is 3.07. The Balaban J connectivity index is 1.81. The Morgan fingerprint density at radius 2 is 1.82 bits per heavy atom. The van der Waals surface area contributed by atoms with Gasteiger partial charge in [-0.05, 0) is 39.0 Å². The molecule has 2 aliphatic rings. The van der Waals surface area contributed by atoms with Gasteiger partial charge in [-0.15, -0.1) is 0 Å². The zero-order valence-corrected chi connectivity index (χ0v) is 10.5. The molecular formula is C13H22N2O2. The molecule has 0 spiro atoms. The van der Waals surface area contributed by atoms with Gasteiger partial charge in [0.2, 0.25) is 5.91 Å². The summed E-state index contributed by atoms with van der Waals surface area (Å²) in [5, 5.41) is 15.1. The molecule has 2 fully saturated rings. The molecule has 0 aromatic carbocycles. The molecule has 17 heavy (non-hydrogen) atoms. The molecule has 2 saturated carbocycles. The van der Waals surface area contributed by atoms with Gasteiger partial charge >= 0.3 is 0 Å². The van der Waals surface area contributed by atoms with Crippen molar-refractivity contribution in [3.05, 3.63) is 0 Å². The van der Waals surface area contributed by atoms with E-state index in [1.807, 2.05) is 6.92 Å². The second-order valence-corrected chi connectivity index (χ2v) is 5.44. The van der Waals surface area contributed by atoms with Crippen LogP contribution in [-0.4, -0.2) is 22.9 Å². The van der Waals surface area contributed by atoms with Gasteiger partial charge in [-0.25, -0.2) is 0 Å². The number of hydrogen-bond donors (Lipinski definition) is 2. The zero-order valence-electron chi connectivity index (χ0n) is 10.5. The lowest BCUT2D eigenvalue weighted by molar-refractivity contribution is -0.125. The first-order valence-electron chi connectivity index (χ1n) is 6.69. The predicted molar refractivity (Wildman–Crippen MR) is 66.1 cm³/mol. The van der Waals surface area contributed by atoms with E-state index in [0.29, 0.717) is 12.0 Å². The second kappa shape index (κ2) is 5.52. The van der Waals surface area contributed by atoms with Crippen molar-refractivity contribution < 1.29 is 10.0 Å². The van der Waals surface area contributed by atoms with Crippen molar-refractivity contribution >= 4 is 11.6 Å². The molecule has 0 heterocycles. The summed E-state index contributed by atoms with van der Waals surface area (Å²) in [7, 11) is 0. The molecule has 2 atom stereocenters. The Morgan fingerprint density at radius 1 is 1.18 bits per heavy atom. The zero-order chi connectivity index (χ0) is 12.3. The summed E-state index contributed by atoms with van der Waals surface area (Å²) >= 11 is 0. The number of hydrogen-bond acceptors (Lipinski definition) is 3. The van der Waals surface area contributed by atoms with Gasteiger partial charge in [0.25, 0.3) is 0 Å². The van der Waals surface area contributed by atoms with Crippen LogP contribution in [0.5, 0.6) is 0 Å². The maximum Gasteiger partial charge on any atom is 0.223 e. The van der Waals surface area contributed by atoms with E-state index < -0.39 is 0 Å². The normalized spacial score (nSPS) is 30.8. The van der Waals surface area contributed by atoms with Crippen molar-refractivity contribution in [2.45, 2.75) is 57.9 Å². The van der Waals surface area contributed by atoms with E-state index >= 15 is 0 Å². The summed E-state index contributed by atoms with van der Waals surface area (Å²) in [6.45, 7) is 1.84. The lowest BCUT2D eigenvalue weighted by atomic mass is 10.0. The summed E-state index contributed by atoms with van der Waals surface area (Å²) < 4.78 is 0. The smallest absolute Gasteiger partial charge is 0.223 e. The van der Waals surface area contributed by atoms with Gasteiger partial charge in [-0.1, -0.05) is 18.0 Å². The number of amides is 1. The van der Waals surface area contributed by atoms with E-state index in [1.165, 1.54) is 12.8 Å². The molecule has 2 rings (SSSR count). The average molecular weight is 238 g/mol. The third-order valence-corrected chi connectivity index (χ3v) is 4.25. The van der Waals surface area contributed by atoms with Crippen LogP contribution in [0.1, 0.15) is 51.9 Å². The molecule has 2 N–H and O–H groups in total. The number of oxime groups is 1. The SMILES string of the molecule is C/C(=N\O)C1CCC(C(=O)NC2CCCC2)C1. The van der Waals surface area contributed by atoms with E-state index in [4.69, 9.17) is 5.21 Å². The van der Waals surface area contributed by atoms with E-state index in [-0.39, 0.29) is 11.8 Å². The Bertz CT molecular complexity index is 309. The van der Waals surface area contributed by atoms with Gasteiger partial charge in [0, 0.05) is 17.9 Å². The second-order valence-electron chi connectivity index (χ2n) is 5.44. The Hall–Kier alpha value is -1.06. The first kappa shape index (κ1) is 12.4. The number of carbonyl (C=O) groups is 1. The maximum absolute atomic E-state index is 12.0. The maximum atomic E-state index is 12.0. The molecule has 4 nitrogen and oxygen atoms in total. The van der Waals surface area contributed by atoms with Gasteiger partial charge in [-0.3, -0.25) is 4.79 Å². The third kappa shape index (κ3) is 2.99. The quantitative estimate of drug-likeness (QED) is 0.450. The van der Waals surface area contributed by atoms with Crippen LogP contribution in [0, 0.1) is 11.8 Å². The van der Waals surface area contributed by atoms with Crippen LogP contribution in [0.3, 0.4) is 0 Å². The van der Waals surface area contributed by atoms with Crippen LogP contribution in [0.25, 0.3) is 0 Å². The van der Waals surface area contributed by atoms with Crippen LogP contribution in [0.4, 0.5) is 0 Å². The van der Waals surface area contributed by atoms with Crippen molar-refractivity contribution in [3.8, 4) is 0 Å². The van der Waals surface area contributed by atoms with Crippen LogP contribution in [0.2, 0.25) is 0 Å². The van der Waals surface area contributed by atoms with Crippen molar-refractivity contribution in [2.24, 2.45) is 17.0 Å². The summed E-state index contributed by atoms with van der Waals surface area (Å²) in [4.78, 5) is 12.0. The first-order valence-corrected chi connectivity index (χ1v) is 6.69. The van der Waals surface area contributed by atoms with Gasteiger partial charge in [0.1, 0.15) is 0 Å². The van der Waals surface area contributed by atoms with E-state index in [1.54, 1.807) is 0 Å². The standard InChI is InChI=1S/C13H22N2O2/c1-9(15-17)10-6-7-11(8-10)13(16)14-12-4-2-3-5-12/h10-12,17H,2-8H2,1H3,(H,14,16)/b15-9+. The monoisotopic (exact) mass is 238 g/mol. The number of nitrogens with one attached hydrogen (secondary N) is 1. The van der Waals surface area contributed by atoms with Crippen LogP contribution < -0.4 is 5.32 Å². The third-order valence-electron chi connectivity index (χ3n) is 4.25.